The van der Waals surface area contributed by atoms with Gasteiger partial charge in [-0.25, -0.2) is 9.36 Å². The first-order valence-electron chi connectivity index (χ1n) is 4.72. The van der Waals surface area contributed by atoms with Crippen LogP contribution in [-0.4, -0.2) is 14.7 Å². The Balaban J connectivity index is 2.79. The van der Waals surface area contributed by atoms with E-state index in [0.717, 1.165) is 4.57 Å². The van der Waals surface area contributed by atoms with Crippen LogP contribution >= 0.6 is 11.6 Å². The molecule has 0 aliphatic carbocycles. The summed E-state index contributed by atoms with van der Waals surface area (Å²) in [5, 5.41) is 12.5. The molecule has 2 aromatic rings. The summed E-state index contributed by atoms with van der Waals surface area (Å²) >= 11 is 5.69. The lowest BCUT2D eigenvalue weighted by Gasteiger charge is -2.07. The molecule has 8 heteroatoms. The van der Waals surface area contributed by atoms with Gasteiger partial charge in [0.2, 0.25) is 11.6 Å². The Hall–Kier alpha value is -2.41. The van der Waals surface area contributed by atoms with Crippen LogP contribution in [0.1, 0.15) is 0 Å². The summed E-state index contributed by atoms with van der Waals surface area (Å²) in [5.74, 6) is -0.818. The van der Waals surface area contributed by atoms with Crippen LogP contribution in [0.2, 0.25) is 5.02 Å². The standard InChI is InChI=1S/C10H6ClN3O4/c11-5-1-3-6(4-2-5)14-9(16)7(13-18)8(15)12-10(14)17/h1-4,16H,(H,12,15,17). The van der Waals surface area contributed by atoms with E-state index in [2.05, 4.69) is 5.18 Å². The fourth-order valence-electron chi connectivity index (χ4n) is 1.43. The first-order chi connectivity index (χ1) is 8.54. The van der Waals surface area contributed by atoms with Gasteiger partial charge in [-0.05, 0) is 29.4 Å². The largest absolute Gasteiger partial charge is 0.492 e. The van der Waals surface area contributed by atoms with Crippen molar-refractivity contribution in [3.05, 3.63) is 55.0 Å². The van der Waals surface area contributed by atoms with E-state index in [-0.39, 0.29) is 5.69 Å². The lowest BCUT2D eigenvalue weighted by Crippen LogP contribution is -2.28. The van der Waals surface area contributed by atoms with E-state index < -0.39 is 22.8 Å². The third-order valence-electron chi connectivity index (χ3n) is 2.24. The third kappa shape index (κ3) is 1.91. The SMILES string of the molecule is O=Nc1c(O)n(-c2ccc(Cl)cc2)c(=O)[nH]c1=O. The Morgan fingerprint density at radius 2 is 1.83 bits per heavy atom. The molecule has 2 N–H and O–H groups in total. The van der Waals surface area contributed by atoms with Gasteiger partial charge in [0.1, 0.15) is 0 Å². The highest BCUT2D eigenvalue weighted by Crippen LogP contribution is 2.22. The number of halogens is 1. The van der Waals surface area contributed by atoms with Gasteiger partial charge in [0, 0.05) is 5.02 Å². The fourth-order valence-corrected chi connectivity index (χ4v) is 1.55. The summed E-state index contributed by atoms with van der Waals surface area (Å²) in [7, 11) is 0. The third-order valence-corrected chi connectivity index (χ3v) is 2.49. The summed E-state index contributed by atoms with van der Waals surface area (Å²) in [5.41, 5.74) is -2.45. The number of hydrogen-bond acceptors (Lipinski definition) is 5. The molecule has 0 radical (unpaired) electrons. The molecule has 0 amide bonds. The number of aromatic amines is 1. The topological polar surface area (TPSA) is 105 Å². The molecule has 0 saturated heterocycles. The van der Waals surface area contributed by atoms with Crippen molar-refractivity contribution in [3.63, 3.8) is 0 Å². The van der Waals surface area contributed by atoms with Gasteiger partial charge in [-0.3, -0.25) is 9.78 Å². The van der Waals surface area contributed by atoms with Crippen molar-refractivity contribution in [2.75, 3.05) is 0 Å². The van der Waals surface area contributed by atoms with Crippen molar-refractivity contribution in [1.82, 2.24) is 9.55 Å². The smallest absolute Gasteiger partial charge is 0.335 e. The van der Waals surface area contributed by atoms with Crippen LogP contribution in [0.15, 0.2) is 39.0 Å². The van der Waals surface area contributed by atoms with Gasteiger partial charge in [-0.15, -0.1) is 4.91 Å². The quantitative estimate of drug-likeness (QED) is 0.800. The Morgan fingerprint density at radius 3 is 2.39 bits per heavy atom. The number of aromatic nitrogens is 2. The zero-order chi connectivity index (χ0) is 13.3. The van der Waals surface area contributed by atoms with Crippen LogP contribution in [0.4, 0.5) is 5.69 Å². The monoisotopic (exact) mass is 267 g/mol. The molecule has 0 unspecified atom stereocenters. The highest BCUT2D eigenvalue weighted by Gasteiger charge is 2.15. The van der Waals surface area contributed by atoms with Crippen LogP contribution in [0, 0.1) is 4.91 Å². The van der Waals surface area contributed by atoms with Crippen LogP contribution in [0.5, 0.6) is 5.88 Å². The van der Waals surface area contributed by atoms with E-state index in [1.54, 1.807) is 0 Å². The number of benzene rings is 1. The predicted octanol–water partition coefficient (Wildman–Crippen LogP) is 1.28. The van der Waals surface area contributed by atoms with E-state index in [9.17, 15) is 19.6 Å². The average Bonchev–Trinajstić information content (AvgIpc) is 2.31. The maximum atomic E-state index is 11.6. The lowest BCUT2D eigenvalue weighted by molar-refractivity contribution is 0.433. The lowest BCUT2D eigenvalue weighted by atomic mass is 10.3. The van der Waals surface area contributed by atoms with Crippen LogP contribution < -0.4 is 11.2 Å². The summed E-state index contributed by atoms with van der Waals surface area (Å²) in [6, 6.07) is 5.86. The van der Waals surface area contributed by atoms with Crippen molar-refractivity contribution in [2.45, 2.75) is 0 Å². The Kier molecular flexibility index (Phi) is 2.99. The van der Waals surface area contributed by atoms with Crippen molar-refractivity contribution in [3.8, 4) is 11.6 Å². The summed E-state index contributed by atoms with van der Waals surface area (Å²) in [6.07, 6.45) is 0. The summed E-state index contributed by atoms with van der Waals surface area (Å²) < 4.78 is 0.745. The molecule has 1 aromatic heterocycles. The molecule has 1 aromatic carbocycles. The number of aromatic hydroxyl groups is 1. The van der Waals surface area contributed by atoms with Crippen molar-refractivity contribution in [2.24, 2.45) is 5.18 Å². The zero-order valence-corrected chi connectivity index (χ0v) is 9.51. The highest BCUT2D eigenvalue weighted by molar-refractivity contribution is 6.30. The minimum absolute atomic E-state index is 0.239. The second-order valence-electron chi connectivity index (χ2n) is 3.33. The van der Waals surface area contributed by atoms with Crippen LogP contribution in [0.3, 0.4) is 0 Å². The number of hydrogen-bond donors (Lipinski definition) is 2. The molecule has 0 bridgehead atoms. The fraction of sp³-hybridized carbons (Fsp3) is 0. The van der Waals surface area contributed by atoms with Crippen molar-refractivity contribution in [1.29, 1.82) is 0 Å². The van der Waals surface area contributed by atoms with Crippen LogP contribution in [0.25, 0.3) is 5.69 Å². The van der Waals surface area contributed by atoms with Gasteiger partial charge in [-0.2, -0.15) is 0 Å². The molecule has 7 nitrogen and oxygen atoms in total. The van der Waals surface area contributed by atoms with E-state index in [0.29, 0.717) is 5.02 Å². The van der Waals surface area contributed by atoms with E-state index in [4.69, 9.17) is 11.6 Å². The maximum Gasteiger partial charge on any atom is 0.335 e. The summed E-state index contributed by atoms with van der Waals surface area (Å²) in [6.45, 7) is 0. The molecule has 0 atom stereocenters. The predicted molar refractivity (Wildman–Crippen MR) is 64.8 cm³/mol. The minimum Gasteiger partial charge on any atom is -0.492 e. The average molecular weight is 268 g/mol. The molecule has 0 fully saturated rings. The normalized spacial score (nSPS) is 10.3. The molecule has 1 heterocycles. The zero-order valence-electron chi connectivity index (χ0n) is 8.75. The molecule has 18 heavy (non-hydrogen) atoms. The number of nitrogens with zero attached hydrogens (tertiary/aromatic N) is 2. The van der Waals surface area contributed by atoms with Gasteiger partial charge in [-0.1, -0.05) is 11.6 Å². The van der Waals surface area contributed by atoms with Crippen molar-refractivity contribution < 1.29 is 5.11 Å². The molecular weight excluding hydrogens is 262 g/mol. The van der Waals surface area contributed by atoms with Crippen molar-refractivity contribution >= 4 is 17.3 Å². The molecule has 0 aliphatic heterocycles. The first-order valence-corrected chi connectivity index (χ1v) is 5.10. The molecule has 0 aliphatic rings. The second kappa shape index (κ2) is 4.46. The Bertz CT molecular complexity index is 717. The second-order valence-corrected chi connectivity index (χ2v) is 3.77. The van der Waals surface area contributed by atoms with Gasteiger partial charge in [0.05, 0.1) is 5.69 Å². The molecule has 92 valence electrons. The van der Waals surface area contributed by atoms with Gasteiger partial charge >= 0.3 is 5.69 Å². The minimum atomic E-state index is -1.04. The van der Waals surface area contributed by atoms with E-state index >= 15 is 0 Å². The number of H-pyrrole nitrogens is 1. The first kappa shape index (κ1) is 12.1. The van der Waals surface area contributed by atoms with Gasteiger partial charge in [0.25, 0.3) is 5.56 Å². The van der Waals surface area contributed by atoms with Crippen LogP contribution in [-0.2, 0) is 0 Å². The van der Waals surface area contributed by atoms with E-state index in [1.165, 1.54) is 24.3 Å². The van der Waals surface area contributed by atoms with Gasteiger partial charge < -0.3 is 5.11 Å². The van der Waals surface area contributed by atoms with E-state index in [1.807, 2.05) is 4.98 Å². The number of nitroso groups, excluding NO2 is 1. The Labute approximate surface area is 104 Å². The molecule has 0 spiro atoms. The highest BCUT2D eigenvalue weighted by atomic mass is 35.5. The Morgan fingerprint density at radius 1 is 1.22 bits per heavy atom. The maximum absolute atomic E-state index is 11.6. The molecule has 2 rings (SSSR count). The number of rotatable bonds is 2. The molecule has 0 saturated carbocycles. The van der Waals surface area contributed by atoms with Gasteiger partial charge in [0.15, 0.2) is 0 Å². The molecular formula is C10H6ClN3O4. The summed E-state index contributed by atoms with van der Waals surface area (Å²) in [4.78, 5) is 35.1. The number of nitrogens with one attached hydrogen (secondary N) is 1.